The van der Waals surface area contributed by atoms with Crippen LogP contribution >= 0.6 is 0 Å². The largest absolute Gasteiger partial charge is 0.343 e. The third-order valence-corrected chi connectivity index (χ3v) is 7.68. The van der Waals surface area contributed by atoms with Crippen molar-refractivity contribution in [1.29, 1.82) is 0 Å². The Kier molecular flexibility index (Phi) is 5.16. The summed E-state index contributed by atoms with van der Waals surface area (Å²) in [5, 5.41) is 2.70. The first-order valence-corrected chi connectivity index (χ1v) is 10.3. The Morgan fingerprint density at radius 2 is 1.80 bits per heavy atom. The van der Waals surface area contributed by atoms with E-state index < -0.39 is 20.9 Å². The van der Waals surface area contributed by atoms with Crippen molar-refractivity contribution in [2.45, 2.75) is 67.3 Å². The van der Waals surface area contributed by atoms with E-state index in [1.54, 1.807) is 11.9 Å². The molecule has 0 radical (unpaired) electrons. The molecule has 3 rings (SSSR count). The number of piperidine rings is 1. The first-order chi connectivity index (χ1) is 11.8. The van der Waals surface area contributed by atoms with Gasteiger partial charge in [-0.15, -0.1) is 0 Å². The lowest BCUT2D eigenvalue weighted by atomic mass is 9.98. The molecule has 1 amide bonds. The highest BCUT2D eigenvalue weighted by Crippen LogP contribution is 2.30. The lowest BCUT2D eigenvalue weighted by molar-refractivity contribution is -0.132. The average molecular weight is 368 g/mol. The molecule has 138 valence electrons. The maximum absolute atomic E-state index is 13.0. The summed E-state index contributed by atoms with van der Waals surface area (Å²) in [6, 6.07) is 5.86. The molecule has 0 saturated carbocycles. The van der Waals surface area contributed by atoms with Gasteiger partial charge in [0.05, 0.1) is 10.1 Å². The van der Waals surface area contributed by atoms with Gasteiger partial charge in [0.15, 0.2) is 9.84 Å². The summed E-state index contributed by atoms with van der Waals surface area (Å²) in [5.41, 5.74) is 0. The summed E-state index contributed by atoms with van der Waals surface area (Å²) in [7, 11) is -1.88. The number of carbonyl (C=O) groups excluding carboxylic acids is 1. The van der Waals surface area contributed by atoms with Gasteiger partial charge >= 0.3 is 0 Å². The minimum atomic E-state index is -3.65. The molecule has 2 bridgehead atoms. The van der Waals surface area contributed by atoms with Crippen LogP contribution in [0.4, 0.5) is 4.39 Å². The fourth-order valence-electron chi connectivity index (χ4n) is 3.90. The number of amides is 1. The zero-order chi connectivity index (χ0) is 18.2. The zero-order valence-electron chi connectivity index (χ0n) is 14.6. The van der Waals surface area contributed by atoms with E-state index in [0.717, 1.165) is 37.8 Å². The van der Waals surface area contributed by atoms with Crippen LogP contribution in [0.5, 0.6) is 0 Å². The van der Waals surface area contributed by atoms with Crippen molar-refractivity contribution in [2.24, 2.45) is 0 Å². The number of nitrogens with zero attached hydrogens (tertiary/aromatic N) is 1. The Bertz CT molecular complexity index is 723. The van der Waals surface area contributed by atoms with Crippen molar-refractivity contribution in [2.75, 3.05) is 7.05 Å². The Morgan fingerprint density at radius 3 is 2.36 bits per heavy atom. The second-order valence-electron chi connectivity index (χ2n) is 7.28. The minimum absolute atomic E-state index is 0.0526. The molecule has 25 heavy (non-hydrogen) atoms. The molecule has 0 aliphatic carbocycles. The second-order valence-corrected chi connectivity index (χ2v) is 9.65. The van der Waals surface area contributed by atoms with Crippen LogP contribution in [-0.2, 0) is 14.6 Å². The van der Waals surface area contributed by atoms with Crippen molar-refractivity contribution >= 4 is 15.7 Å². The second kappa shape index (κ2) is 7.03. The summed E-state index contributed by atoms with van der Waals surface area (Å²) in [5.74, 6) is -0.632. The van der Waals surface area contributed by atoms with Gasteiger partial charge in [-0.05, 0) is 56.9 Å². The molecule has 1 aromatic rings. The van der Waals surface area contributed by atoms with E-state index in [2.05, 4.69) is 5.32 Å². The number of rotatable bonds is 5. The highest BCUT2D eigenvalue weighted by atomic mass is 32.2. The lowest BCUT2D eigenvalue weighted by Gasteiger charge is -2.36. The van der Waals surface area contributed by atoms with Crippen molar-refractivity contribution < 1.29 is 17.6 Å². The van der Waals surface area contributed by atoms with Crippen molar-refractivity contribution in [3.05, 3.63) is 30.1 Å². The number of sulfone groups is 1. The van der Waals surface area contributed by atoms with Crippen LogP contribution in [0.15, 0.2) is 29.2 Å². The van der Waals surface area contributed by atoms with E-state index >= 15 is 0 Å². The van der Waals surface area contributed by atoms with Crippen LogP contribution < -0.4 is 5.32 Å². The fraction of sp³-hybridized carbons (Fsp3) is 0.611. The molecular weight excluding hydrogens is 343 g/mol. The SMILES string of the molecule is CC(CC(=O)N(C)C1CC2CCC(C1)N2)S(=O)(=O)c1ccc(F)cc1. The van der Waals surface area contributed by atoms with Gasteiger partial charge in [0, 0.05) is 31.6 Å². The minimum Gasteiger partial charge on any atom is -0.343 e. The first kappa shape index (κ1) is 18.3. The molecule has 2 heterocycles. The molecule has 2 fully saturated rings. The van der Waals surface area contributed by atoms with E-state index in [4.69, 9.17) is 0 Å². The van der Waals surface area contributed by atoms with E-state index in [9.17, 15) is 17.6 Å². The molecule has 1 N–H and O–H groups in total. The van der Waals surface area contributed by atoms with Crippen LogP contribution in [0.3, 0.4) is 0 Å². The molecule has 0 aromatic heterocycles. The summed E-state index contributed by atoms with van der Waals surface area (Å²) >= 11 is 0. The quantitative estimate of drug-likeness (QED) is 0.809. The van der Waals surface area contributed by atoms with Gasteiger partial charge in [0.25, 0.3) is 0 Å². The van der Waals surface area contributed by atoms with Crippen molar-refractivity contribution in [1.82, 2.24) is 10.2 Å². The van der Waals surface area contributed by atoms with Crippen LogP contribution in [0, 0.1) is 5.82 Å². The molecule has 0 spiro atoms. The van der Waals surface area contributed by atoms with Crippen molar-refractivity contribution in [3.8, 4) is 0 Å². The number of fused-ring (bicyclic) bond motifs is 2. The molecule has 1 aromatic carbocycles. The van der Waals surface area contributed by atoms with Crippen LogP contribution in [0.25, 0.3) is 0 Å². The molecule has 2 aliphatic rings. The average Bonchev–Trinajstić information content (AvgIpc) is 2.92. The Labute approximate surface area is 148 Å². The lowest BCUT2D eigenvalue weighted by Crippen LogP contribution is -2.49. The standard InChI is InChI=1S/C18H25FN2O3S/c1-12(25(23,24)17-7-3-13(19)4-8-17)9-18(22)21(2)16-10-14-5-6-15(11-16)20-14/h3-4,7-8,12,14-16,20H,5-6,9-11H2,1-2H3. The molecule has 3 unspecified atom stereocenters. The summed E-state index contributed by atoms with van der Waals surface area (Å²) < 4.78 is 38.2. The number of halogens is 1. The number of carbonyl (C=O) groups is 1. The smallest absolute Gasteiger partial charge is 0.223 e. The molecule has 3 atom stereocenters. The van der Waals surface area contributed by atoms with Crippen LogP contribution in [0.1, 0.15) is 39.0 Å². The molecule has 2 saturated heterocycles. The van der Waals surface area contributed by atoms with Gasteiger partial charge in [0.1, 0.15) is 5.82 Å². The van der Waals surface area contributed by atoms with Crippen molar-refractivity contribution in [3.63, 3.8) is 0 Å². The summed E-state index contributed by atoms with van der Waals surface area (Å²) in [4.78, 5) is 14.4. The maximum Gasteiger partial charge on any atom is 0.223 e. The first-order valence-electron chi connectivity index (χ1n) is 8.78. The topological polar surface area (TPSA) is 66.5 Å². The number of nitrogens with one attached hydrogen (secondary N) is 1. The molecule has 7 heteroatoms. The number of hydrogen-bond donors (Lipinski definition) is 1. The Morgan fingerprint density at radius 1 is 1.24 bits per heavy atom. The third kappa shape index (κ3) is 3.87. The molecular formula is C18H25FN2O3S. The molecule has 2 aliphatic heterocycles. The van der Waals surface area contributed by atoms with E-state index in [0.29, 0.717) is 12.1 Å². The van der Waals surface area contributed by atoms with Crippen LogP contribution in [-0.4, -0.2) is 49.6 Å². The van der Waals surface area contributed by atoms with Gasteiger partial charge in [0.2, 0.25) is 5.91 Å². The maximum atomic E-state index is 13.0. The van der Waals surface area contributed by atoms with Gasteiger partial charge in [-0.3, -0.25) is 4.79 Å². The Balaban J connectivity index is 1.64. The zero-order valence-corrected chi connectivity index (χ0v) is 15.4. The summed E-state index contributed by atoms with van der Waals surface area (Å²) in [6.45, 7) is 1.54. The Hall–Kier alpha value is -1.47. The summed E-state index contributed by atoms with van der Waals surface area (Å²) in [6.07, 6.45) is 4.10. The normalized spacial score (nSPS) is 27.1. The number of benzene rings is 1. The van der Waals surface area contributed by atoms with E-state index in [1.807, 2.05) is 0 Å². The van der Waals surface area contributed by atoms with Crippen LogP contribution in [0.2, 0.25) is 0 Å². The number of hydrogen-bond acceptors (Lipinski definition) is 4. The highest BCUT2D eigenvalue weighted by molar-refractivity contribution is 7.92. The van der Waals surface area contributed by atoms with Gasteiger partial charge in [-0.1, -0.05) is 0 Å². The van der Waals surface area contributed by atoms with E-state index in [1.165, 1.54) is 19.1 Å². The van der Waals surface area contributed by atoms with Gasteiger partial charge in [-0.25, -0.2) is 12.8 Å². The fourth-order valence-corrected chi connectivity index (χ4v) is 5.25. The van der Waals surface area contributed by atoms with E-state index in [-0.39, 0.29) is 23.3 Å². The predicted molar refractivity (Wildman–Crippen MR) is 93.4 cm³/mol. The van der Waals surface area contributed by atoms with Gasteiger partial charge in [-0.2, -0.15) is 0 Å². The highest BCUT2D eigenvalue weighted by Gasteiger charge is 2.37. The van der Waals surface area contributed by atoms with Gasteiger partial charge < -0.3 is 10.2 Å². The monoisotopic (exact) mass is 368 g/mol. The molecule has 5 nitrogen and oxygen atoms in total. The predicted octanol–water partition coefficient (Wildman–Crippen LogP) is 2.12. The third-order valence-electron chi connectivity index (χ3n) is 5.52.